The summed E-state index contributed by atoms with van der Waals surface area (Å²) in [6.45, 7) is 8.49. The molecule has 1 saturated heterocycles. The zero-order valence-electron chi connectivity index (χ0n) is 11.7. The highest BCUT2D eigenvalue weighted by Gasteiger charge is 2.24. The molecular weight excluding hydrogens is 224 g/mol. The van der Waals surface area contributed by atoms with Crippen LogP contribution in [0.3, 0.4) is 0 Å². The van der Waals surface area contributed by atoms with Gasteiger partial charge in [0, 0.05) is 25.2 Å². The Kier molecular flexibility index (Phi) is 4.53. The Labute approximate surface area is 110 Å². The van der Waals surface area contributed by atoms with Crippen LogP contribution in [-0.2, 0) is 6.54 Å². The monoisotopic (exact) mass is 248 g/mol. The average molecular weight is 248 g/mol. The van der Waals surface area contributed by atoms with E-state index in [0.29, 0.717) is 12.1 Å². The van der Waals surface area contributed by atoms with Crippen molar-refractivity contribution >= 4 is 5.82 Å². The minimum absolute atomic E-state index is 0.656. The second-order valence-corrected chi connectivity index (χ2v) is 5.22. The molecular formula is C14H24N4. The Balaban J connectivity index is 1.99. The van der Waals surface area contributed by atoms with Gasteiger partial charge in [0.15, 0.2) is 0 Å². The molecule has 1 aromatic heterocycles. The minimum atomic E-state index is 0.656. The summed E-state index contributed by atoms with van der Waals surface area (Å²) in [4.78, 5) is 11.4. The molecule has 2 heterocycles. The van der Waals surface area contributed by atoms with Crippen molar-refractivity contribution < 1.29 is 0 Å². The van der Waals surface area contributed by atoms with Crippen molar-refractivity contribution in [2.75, 3.05) is 11.9 Å². The highest BCUT2D eigenvalue weighted by atomic mass is 15.2. The van der Waals surface area contributed by atoms with E-state index >= 15 is 0 Å². The van der Waals surface area contributed by atoms with Crippen LogP contribution >= 0.6 is 0 Å². The fraction of sp³-hybridized carbons (Fsp3) is 0.714. The third-order valence-corrected chi connectivity index (χ3v) is 3.78. The van der Waals surface area contributed by atoms with Crippen molar-refractivity contribution in [1.82, 2.24) is 14.9 Å². The summed E-state index contributed by atoms with van der Waals surface area (Å²) in [6.07, 6.45) is 7.68. The lowest BCUT2D eigenvalue weighted by atomic mass is 9.97. The fourth-order valence-corrected chi connectivity index (χ4v) is 2.68. The molecule has 0 amide bonds. The maximum Gasteiger partial charge on any atom is 0.144 e. The van der Waals surface area contributed by atoms with Gasteiger partial charge in [-0.15, -0.1) is 0 Å². The lowest BCUT2D eigenvalue weighted by molar-refractivity contribution is 0.0937. The standard InChI is InChI=1S/C14H24N4/c1-4-15-14-9-16-13(8-17-14)10-18-11(2)6-5-7-12(18)3/h8-9,11-12H,4-7,10H2,1-3H3,(H,15,17)/t11-,12+. The Morgan fingerprint density at radius 2 is 1.94 bits per heavy atom. The predicted octanol–water partition coefficient (Wildman–Crippen LogP) is 2.67. The zero-order chi connectivity index (χ0) is 13.0. The van der Waals surface area contributed by atoms with Crippen molar-refractivity contribution in [3.05, 3.63) is 18.1 Å². The van der Waals surface area contributed by atoms with Crippen LogP contribution in [0.4, 0.5) is 5.82 Å². The molecule has 0 aromatic carbocycles. The smallest absolute Gasteiger partial charge is 0.144 e. The third kappa shape index (κ3) is 3.19. The second kappa shape index (κ2) is 6.14. The molecule has 0 spiro atoms. The molecule has 1 aliphatic rings. The summed E-state index contributed by atoms with van der Waals surface area (Å²) in [6, 6.07) is 1.31. The van der Waals surface area contributed by atoms with E-state index in [-0.39, 0.29) is 0 Å². The largest absolute Gasteiger partial charge is 0.369 e. The number of anilines is 1. The SMILES string of the molecule is CCNc1cnc(CN2[C@H](C)CCC[C@@H]2C)cn1. The van der Waals surface area contributed by atoms with E-state index in [4.69, 9.17) is 0 Å². The van der Waals surface area contributed by atoms with E-state index in [2.05, 4.69) is 41.0 Å². The van der Waals surface area contributed by atoms with Crippen LogP contribution in [-0.4, -0.2) is 33.5 Å². The summed E-state index contributed by atoms with van der Waals surface area (Å²) in [7, 11) is 0. The quantitative estimate of drug-likeness (QED) is 0.889. The Morgan fingerprint density at radius 1 is 1.22 bits per heavy atom. The number of hydrogen-bond acceptors (Lipinski definition) is 4. The number of likely N-dealkylation sites (tertiary alicyclic amines) is 1. The number of piperidine rings is 1. The van der Waals surface area contributed by atoms with Gasteiger partial charge in [0.1, 0.15) is 5.82 Å². The van der Waals surface area contributed by atoms with E-state index < -0.39 is 0 Å². The molecule has 0 unspecified atom stereocenters. The van der Waals surface area contributed by atoms with Gasteiger partial charge in [0.2, 0.25) is 0 Å². The minimum Gasteiger partial charge on any atom is -0.369 e. The highest BCUT2D eigenvalue weighted by Crippen LogP contribution is 2.23. The van der Waals surface area contributed by atoms with Gasteiger partial charge in [-0.25, -0.2) is 4.98 Å². The first-order chi connectivity index (χ1) is 8.70. The Hall–Kier alpha value is -1.16. The highest BCUT2D eigenvalue weighted by molar-refractivity contribution is 5.30. The van der Waals surface area contributed by atoms with Crippen LogP contribution in [0.1, 0.15) is 45.7 Å². The van der Waals surface area contributed by atoms with E-state index in [0.717, 1.165) is 24.6 Å². The van der Waals surface area contributed by atoms with Gasteiger partial charge in [-0.2, -0.15) is 0 Å². The molecule has 1 aliphatic heterocycles. The molecule has 4 nitrogen and oxygen atoms in total. The lowest BCUT2D eigenvalue weighted by Gasteiger charge is -2.38. The van der Waals surface area contributed by atoms with Crippen LogP contribution in [0.15, 0.2) is 12.4 Å². The second-order valence-electron chi connectivity index (χ2n) is 5.22. The van der Waals surface area contributed by atoms with Crippen LogP contribution in [0.2, 0.25) is 0 Å². The van der Waals surface area contributed by atoms with Gasteiger partial charge in [-0.05, 0) is 33.6 Å². The van der Waals surface area contributed by atoms with Crippen molar-refractivity contribution in [2.45, 2.75) is 58.7 Å². The molecule has 0 saturated carbocycles. The van der Waals surface area contributed by atoms with E-state index in [1.165, 1.54) is 19.3 Å². The lowest BCUT2D eigenvalue weighted by Crippen LogP contribution is -2.43. The van der Waals surface area contributed by atoms with Gasteiger partial charge in [-0.1, -0.05) is 6.42 Å². The molecule has 18 heavy (non-hydrogen) atoms. The maximum absolute atomic E-state index is 4.49. The molecule has 4 heteroatoms. The first-order valence-corrected chi connectivity index (χ1v) is 7.01. The van der Waals surface area contributed by atoms with Crippen LogP contribution < -0.4 is 5.32 Å². The van der Waals surface area contributed by atoms with Crippen molar-refractivity contribution in [3.8, 4) is 0 Å². The number of rotatable bonds is 4. The van der Waals surface area contributed by atoms with Crippen LogP contribution in [0.25, 0.3) is 0 Å². The molecule has 2 rings (SSSR count). The van der Waals surface area contributed by atoms with E-state index in [1.54, 1.807) is 0 Å². The molecule has 100 valence electrons. The topological polar surface area (TPSA) is 41.1 Å². The van der Waals surface area contributed by atoms with Gasteiger partial charge in [0.25, 0.3) is 0 Å². The van der Waals surface area contributed by atoms with Gasteiger partial charge in [-0.3, -0.25) is 9.88 Å². The van der Waals surface area contributed by atoms with Gasteiger partial charge in [0.05, 0.1) is 18.1 Å². The summed E-state index contributed by atoms with van der Waals surface area (Å²) in [5.41, 5.74) is 1.07. The normalized spacial score (nSPS) is 25.1. The number of hydrogen-bond donors (Lipinski definition) is 1. The molecule has 0 radical (unpaired) electrons. The number of nitrogens with one attached hydrogen (secondary N) is 1. The average Bonchev–Trinajstić information content (AvgIpc) is 2.36. The van der Waals surface area contributed by atoms with Crippen molar-refractivity contribution in [1.29, 1.82) is 0 Å². The predicted molar refractivity (Wildman–Crippen MR) is 74.5 cm³/mol. The first-order valence-electron chi connectivity index (χ1n) is 7.01. The Morgan fingerprint density at radius 3 is 2.50 bits per heavy atom. The Bertz CT molecular complexity index is 353. The number of aromatic nitrogens is 2. The van der Waals surface area contributed by atoms with Crippen LogP contribution in [0, 0.1) is 0 Å². The van der Waals surface area contributed by atoms with Crippen molar-refractivity contribution in [2.24, 2.45) is 0 Å². The summed E-state index contributed by atoms with van der Waals surface area (Å²) in [5, 5.41) is 3.17. The van der Waals surface area contributed by atoms with Crippen LogP contribution in [0.5, 0.6) is 0 Å². The summed E-state index contributed by atoms with van der Waals surface area (Å²) < 4.78 is 0. The molecule has 1 fully saturated rings. The zero-order valence-corrected chi connectivity index (χ0v) is 11.7. The molecule has 0 aliphatic carbocycles. The molecule has 1 aromatic rings. The first kappa shape index (κ1) is 13.3. The van der Waals surface area contributed by atoms with E-state index in [1.807, 2.05) is 12.4 Å². The summed E-state index contributed by atoms with van der Waals surface area (Å²) >= 11 is 0. The van der Waals surface area contributed by atoms with Gasteiger partial charge >= 0.3 is 0 Å². The third-order valence-electron chi connectivity index (χ3n) is 3.78. The van der Waals surface area contributed by atoms with E-state index in [9.17, 15) is 0 Å². The van der Waals surface area contributed by atoms with Crippen molar-refractivity contribution in [3.63, 3.8) is 0 Å². The number of nitrogens with zero attached hydrogens (tertiary/aromatic N) is 3. The molecule has 2 atom stereocenters. The van der Waals surface area contributed by atoms with Gasteiger partial charge < -0.3 is 5.32 Å². The summed E-state index contributed by atoms with van der Waals surface area (Å²) in [5.74, 6) is 0.862. The fourth-order valence-electron chi connectivity index (χ4n) is 2.68. The molecule has 1 N–H and O–H groups in total. The molecule has 0 bridgehead atoms. The maximum atomic E-state index is 4.49.